The zero-order chi connectivity index (χ0) is 14.2. The Morgan fingerprint density at radius 2 is 2.00 bits per heavy atom. The van der Waals surface area contributed by atoms with Gasteiger partial charge in [0, 0.05) is 24.2 Å². The summed E-state index contributed by atoms with van der Waals surface area (Å²) < 4.78 is 0. The number of nitro groups is 1. The standard InChI is InChI=1S/C16H22N2O2/c1-12-9-13-5-6-15(18(19)20)10-14(13)11-17-16(12)7-3-2-4-8-16/h5-6,10,12,17H,2-4,7-9,11H2,1H3. The average Bonchev–Trinajstić information content (AvgIpc) is 2.58. The second kappa shape index (κ2) is 5.17. The van der Waals surface area contributed by atoms with Crippen LogP contribution >= 0.6 is 0 Å². The molecular weight excluding hydrogens is 252 g/mol. The van der Waals surface area contributed by atoms with E-state index in [0.29, 0.717) is 5.92 Å². The van der Waals surface area contributed by atoms with Crippen molar-refractivity contribution >= 4 is 5.69 Å². The van der Waals surface area contributed by atoms with Gasteiger partial charge in [0.25, 0.3) is 5.69 Å². The summed E-state index contributed by atoms with van der Waals surface area (Å²) in [5.74, 6) is 0.588. The Morgan fingerprint density at radius 1 is 1.25 bits per heavy atom. The zero-order valence-electron chi connectivity index (χ0n) is 12.0. The molecule has 3 rings (SSSR count). The van der Waals surface area contributed by atoms with Gasteiger partial charge in [-0.15, -0.1) is 0 Å². The van der Waals surface area contributed by atoms with Gasteiger partial charge in [-0.1, -0.05) is 32.3 Å². The number of nitrogens with zero attached hydrogens (tertiary/aromatic N) is 1. The molecule has 1 N–H and O–H groups in total. The first-order valence-electron chi connectivity index (χ1n) is 7.62. The van der Waals surface area contributed by atoms with Crippen molar-refractivity contribution < 1.29 is 4.92 Å². The summed E-state index contributed by atoms with van der Waals surface area (Å²) >= 11 is 0. The van der Waals surface area contributed by atoms with E-state index < -0.39 is 0 Å². The maximum Gasteiger partial charge on any atom is 0.269 e. The molecule has 108 valence electrons. The second-order valence-corrected chi connectivity index (χ2v) is 6.39. The van der Waals surface area contributed by atoms with Crippen LogP contribution in [0, 0.1) is 16.0 Å². The lowest BCUT2D eigenvalue weighted by Crippen LogP contribution is -2.50. The van der Waals surface area contributed by atoms with Crippen molar-refractivity contribution in [3.05, 3.63) is 39.4 Å². The van der Waals surface area contributed by atoms with E-state index in [4.69, 9.17) is 0 Å². The first-order chi connectivity index (χ1) is 9.61. The van der Waals surface area contributed by atoms with Crippen LogP contribution < -0.4 is 5.32 Å². The van der Waals surface area contributed by atoms with Crippen molar-refractivity contribution in [2.75, 3.05) is 0 Å². The zero-order valence-corrected chi connectivity index (χ0v) is 12.0. The first kappa shape index (κ1) is 13.6. The van der Waals surface area contributed by atoms with Gasteiger partial charge < -0.3 is 5.32 Å². The monoisotopic (exact) mass is 274 g/mol. The lowest BCUT2D eigenvalue weighted by Gasteiger charge is -2.42. The highest BCUT2D eigenvalue weighted by Crippen LogP contribution is 2.39. The van der Waals surface area contributed by atoms with E-state index in [1.807, 2.05) is 6.07 Å². The molecule has 0 amide bonds. The van der Waals surface area contributed by atoms with Gasteiger partial charge in [-0.3, -0.25) is 10.1 Å². The Bertz CT molecular complexity index is 521. The van der Waals surface area contributed by atoms with Gasteiger partial charge in [0.05, 0.1) is 4.92 Å². The smallest absolute Gasteiger partial charge is 0.269 e. The lowest BCUT2D eigenvalue weighted by molar-refractivity contribution is -0.384. The summed E-state index contributed by atoms with van der Waals surface area (Å²) in [5, 5.41) is 14.7. The summed E-state index contributed by atoms with van der Waals surface area (Å²) in [7, 11) is 0. The topological polar surface area (TPSA) is 55.2 Å². The Kier molecular flexibility index (Phi) is 3.50. The molecule has 1 aliphatic heterocycles. The molecule has 2 aliphatic rings. The van der Waals surface area contributed by atoms with Crippen LogP contribution in [0.15, 0.2) is 18.2 Å². The number of nitro benzene ring substituents is 1. The number of hydrogen-bond acceptors (Lipinski definition) is 3. The molecule has 1 atom stereocenters. The third-order valence-corrected chi connectivity index (χ3v) is 5.25. The van der Waals surface area contributed by atoms with Crippen molar-refractivity contribution in [2.45, 2.75) is 57.5 Å². The van der Waals surface area contributed by atoms with Gasteiger partial charge in [0.1, 0.15) is 0 Å². The molecule has 1 aliphatic carbocycles. The molecule has 1 heterocycles. The van der Waals surface area contributed by atoms with Crippen molar-refractivity contribution in [1.82, 2.24) is 5.32 Å². The van der Waals surface area contributed by atoms with Gasteiger partial charge in [0.15, 0.2) is 0 Å². The minimum absolute atomic E-state index is 0.206. The molecule has 20 heavy (non-hydrogen) atoms. The summed E-state index contributed by atoms with van der Waals surface area (Å²) in [5.41, 5.74) is 2.83. The minimum atomic E-state index is -0.301. The Hall–Kier alpha value is -1.42. The second-order valence-electron chi connectivity index (χ2n) is 6.39. The van der Waals surface area contributed by atoms with Crippen LogP contribution in [-0.2, 0) is 13.0 Å². The quantitative estimate of drug-likeness (QED) is 0.629. The molecule has 0 saturated heterocycles. The van der Waals surface area contributed by atoms with E-state index in [1.165, 1.54) is 37.7 Å². The number of nitrogens with one attached hydrogen (secondary N) is 1. The van der Waals surface area contributed by atoms with E-state index in [1.54, 1.807) is 12.1 Å². The fraction of sp³-hybridized carbons (Fsp3) is 0.625. The fourth-order valence-electron chi connectivity index (χ4n) is 3.91. The van der Waals surface area contributed by atoms with Crippen LogP contribution in [-0.4, -0.2) is 10.5 Å². The highest BCUT2D eigenvalue weighted by Gasteiger charge is 2.38. The van der Waals surface area contributed by atoms with E-state index in [0.717, 1.165) is 18.5 Å². The van der Waals surface area contributed by atoms with Gasteiger partial charge in [-0.25, -0.2) is 0 Å². The summed E-state index contributed by atoms with van der Waals surface area (Å²) in [6, 6.07) is 5.34. The molecule has 1 spiro atoms. The van der Waals surface area contributed by atoms with Crippen LogP contribution in [0.25, 0.3) is 0 Å². The van der Waals surface area contributed by atoms with Gasteiger partial charge >= 0.3 is 0 Å². The molecule has 4 nitrogen and oxygen atoms in total. The molecule has 1 aromatic carbocycles. The van der Waals surface area contributed by atoms with E-state index in [-0.39, 0.29) is 16.1 Å². The molecule has 0 radical (unpaired) electrons. The largest absolute Gasteiger partial charge is 0.307 e. The van der Waals surface area contributed by atoms with Gasteiger partial charge in [-0.05, 0) is 36.3 Å². The van der Waals surface area contributed by atoms with Crippen molar-refractivity contribution in [1.29, 1.82) is 0 Å². The van der Waals surface area contributed by atoms with E-state index in [9.17, 15) is 10.1 Å². The van der Waals surface area contributed by atoms with Crippen LogP contribution in [0.5, 0.6) is 0 Å². The molecule has 1 fully saturated rings. The third-order valence-electron chi connectivity index (χ3n) is 5.25. The van der Waals surface area contributed by atoms with Crippen LogP contribution in [0.1, 0.15) is 50.2 Å². The molecule has 1 aromatic rings. The Labute approximate surface area is 119 Å². The highest BCUT2D eigenvalue weighted by atomic mass is 16.6. The molecule has 1 saturated carbocycles. The average molecular weight is 274 g/mol. The van der Waals surface area contributed by atoms with Crippen molar-refractivity contribution in [3.8, 4) is 0 Å². The Balaban J connectivity index is 1.89. The summed E-state index contributed by atoms with van der Waals surface area (Å²) in [4.78, 5) is 10.6. The lowest BCUT2D eigenvalue weighted by atomic mass is 9.72. The predicted octanol–water partition coefficient (Wildman–Crippen LogP) is 3.58. The van der Waals surface area contributed by atoms with Gasteiger partial charge in [0.2, 0.25) is 0 Å². The normalized spacial score (nSPS) is 24.9. The predicted molar refractivity (Wildman–Crippen MR) is 78.6 cm³/mol. The number of non-ortho nitro benzene ring substituents is 1. The van der Waals surface area contributed by atoms with E-state index >= 15 is 0 Å². The molecular formula is C16H22N2O2. The highest BCUT2D eigenvalue weighted by molar-refractivity contribution is 5.41. The SMILES string of the molecule is CC1Cc2ccc([N+](=O)[O-])cc2CNC12CCCCC2. The molecule has 0 bridgehead atoms. The van der Waals surface area contributed by atoms with Crippen LogP contribution in [0.3, 0.4) is 0 Å². The molecule has 1 unspecified atom stereocenters. The maximum atomic E-state index is 10.9. The molecule has 4 heteroatoms. The number of benzene rings is 1. The molecule has 0 aromatic heterocycles. The summed E-state index contributed by atoms with van der Waals surface area (Å²) in [6.07, 6.45) is 7.45. The third kappa shape index (κ3) is 2.33. The number of hydrogen-bond donors (Lipinski definition) is 1. The first-order valence-corrected chi connectivity index (χ1v) is 7.62. The van der Waals surface area contributed by atoms with Crippen LogP contribution in [0.2, 0.25) is 0 Å². The van der Waals surface area contributed by atoms with E-state index in [2.05, 4.69) is 12.2 Å². The fourth-order valence-corrected chi connectivity index (χ4v) is 3.91. The number of rotatable bonds is 1. The summed E-state index contributed by atoms with van der Waals surface area (Å²) in [6.45, 7) is 3.09. The number of fused-ring (bicyclic) bond motifs is 1. The van der Waals surface area contributed by atoms with Gasteiger partial charge in [-0.2, -0.15) is 0 Å². The van der Waals surface area contributed by atoms with Crippen LogP contribution in [0.4, 0.5) is 5.69 Å². The Morgan fingerprint density at radius 3 is 2.70 bits per heavy atom. The van der Waals surface area contributed by atoms with Crippen molar-refractivity contribution in [3.63, 3.8) is 0 Å². The maximum absolute atomic E-state index is 10.9. The van der Waals surface area contributed by atoms with Crippen molar-refractivity contribution in [2.24, 2.45) is 5.92 Å². The minimum Gasteiger partial charge on any atom is -0.307 e.